The van der Waals surface area contributed by atoms with Crippen LogP contribution in [0.25, 0.3) is 10.9 Å². The number of quaternary nitrogens is 1. The van der Waals surface area contributed by atoms with Crippen molar-refractivity contribution in [3.63, 3.8) is 0 Å². The van der Waals surface area contributed by atoms with Crippen LogP contribution in [0.4, 0.5) is 23.1 Å². The molecule has 5 aromatic rings. The van der Waals surface area contributed by atoms with E-state index >= 15 is 0 Å². The zero-order valence-corrected chi connectivity index (χ0v) is 29.1. The first-order valence-electron chi connectivity index (χ1n) is 14.7. The molecule has 16 heteroatoms. The Kier molecular flexibility index (Phi) is 11.8. The van der Waals surface area contributed by atoms with E-state index in [4.69, 9.17) is 16.3 Å². The molecule has 5 rings (SSSR count). The third-order valence-electron chi connectivity index (χ3n) is 7.29. The summed E-state index contributed by atoms with van der Waals surface area (Å²) in [6, 6.07) is 12.6. The standard InChI is InChI=1S/C32H33ClN10O4.BrH/c1-5-29-40-32(42(45)46)26(41(29)2)18-43(3,4)14-8-10-30(44)39-28-16-23-25(17-35-28)36-20-37-31(23)38-21-11-12-27(24(33)15-21)47-19-22-9-6-7-13-34-22;/h6-13,15-17,20H,5,14,18-19H2,1-4H3,(H-,35,36,37,38,39,44);1H/b10-8+;. The molecule has 0 spiro atoms. The summed E-state index contributed by atoms with van der Waals surface area (Å²) in [5.41, 5.74) is 2.57. The number of ether oxygens (including phenoxy) is 1. The molecule has 250 valence electrons. The molecule has 0 bridgehead atoms. The lowest BCUT2D eigenvalue weighted by molar-refractivity contribution is -0.898. The summed E-state index contributed by atoms with van der Waals surface area (Å²) in [5, 5.41) is 18.7. The van der Waals surface area contributed by atoms with Gasteiger partial charge in [0.1, 0.15) is 36.9 Å². The van der Waals surface area contributed by atoms with Crippen molar-refractivity contribution in [2.45, 2.75) is 26.5 Å². The van der Waals surface area contributed by atoms with Crippen molar-refractivity contribution in [3.05, 3.63) is 106 Å². The minimum absolute atomic E-state index is 0. The Morgan fingerprint density at radius 2 is 1.96 bits per heavy atom. The van der Waals surface area contributed by atoms with Crippen molar-refractivity contribution in [2.24, 2.45) is 7.05 Å². The van der Waals surface area contributed by atoms with Crippen LogP contribution in [0.2, 0.25) is 5.02 Å². The van der Waals surface area contributed by atoms with Crippen LogP contribution in [0.3, 0.4) is 0 Å². The summed E-state index contributed by atoms with van der Waals surface area (Å²) < 4.78 is 7.96. The van der Waals surface area contributed by atoms with Gasteiger partial charge < -0.3 is 51.5 Å². The number of aromatic nitrogens is 6. The van der Waals surface area contributed by atoms with E-state index in [0.29, 0.717) is 74.5 Å². The van der Waals surface area contributed by atoms with Crippen LogP contribution in [-0.2, 0) is 31.4 Å². The van der Waals surface area contributed by atoms with Gasteiger partial charge >= 0.3 is 5.82 Å². The lowest BCUT2D eigenvalue weighted by atomic mass is 10.2. The van der Waals surface area contributed by atoms with Gasteiger partial charge in [0.05, 0.1) is 43.1 Å². The Bertz CT molecular complexity index is 1950. The highest BCUT2D eigenvalue weighted by atomic mass is 79.9. The number of imidazole rings is 1. The van der Waals surface area contributed by atoms with Crippen molar-refractivity contribution >= 4 is 51.6 Å². The average Bonchev–Trinajstić information content (AvgIpc) is 3.35. The number of amides is 1. The lowest BCUT2D eigenvalue weighted by Crippen LogP contribution is -3.00. The summed E-state index contributed by atoms with van der Waals surface area (Å²) in [4.78, 5) is 45.3. The molecule has 48 heavy (non-hydrogen) atoms. The van der Waals surface area contributed by atoms with Gasteiger partial charge in [-0.2, -0.15) is 0 Å². The molecule has 0 radical (unpaired) electrons. The number of hydrogen-bond acceptors (Lipinski definition) is 10. The van der Waals surface area contributed by atoms with Crippen molar-refractivity contribution in [3.8, 4) is 5.75 Å². The maximum atomic E-state index is 12.8. The molecule has 4 aromatic heterocycles. The number of benzene rings is 1. The van der Waals surface area contributed by atoms with Gasteiger partial charge in [-0.1, -0.05) is 24.6 Å². The van der Waals surface area contributed by atoms with Gasteiger partial charge in [0.2, 0.25) is 11.7 Å². The van der Waals surface area contributed by atoms with Crippen LogP contribution in [-0.4, -0.2) is 65.4 Å². The number of rotatable bonds is 13. The Hall–Kier alpha value is -4.99. The summed E-state index contributed by atoms with van der Waals surface area (Å²) in [7, 11) is 5.64. The highest BCUT2D eigenvalue weighted by Crippen LogP contribution is 2.31. The molecule has 0 aliphatic heterocycles. The minimum atomic E-state index is -0.452. The minimum Gasteiger partial charge on any atom is -1.00 e. The molecule has 0 fully saturated rings. The second-order valence-corrected chi connectivity index (χ2v) is 11.7. The number of nitrogens with zero attached hydrogens (tertiary/aromatic N) is 8. The van der Waals surface area contributed by atoms with E-state index in [2.05, 4.69) is 35.6 Å². The van der Waals surface area contributed by atoms with E-state index in [-0.39, 0.29) is 35.3 Å². The highest BCUT2D eigenvalue weighted by Gasteiger charge is 2.30. The fraction of sp³-hybridized carbons (Fsp3) is 0.250. The molecule has 1 aromatic carbocycles. The van der Waals surface area contributed by atoms with Crippen LogP contribution in [0.1, 0.15) is 24.1 Å². The number of hydrogen-bond donors (Lipinski definition) is 2. The fourth-order valence-corrected chi connectivity index (χ4v) is 5.12. The number of nitro groups is 1. The molecule has 14 nitrogen and oxygen atoms in total. The number of nitrogens with one attached hydrogen (secondary N) is 2. The van der Waals surface area contributed by atoms with Crippen molar-refractivity contribution < 1.29 is 35.9 Å². The SMILES string of the molecule is CCc1nc([N+](=O)[O-])c(C[N+](C)(C)C/C=C/C(=O)Nc2cc3c(Nc4ccc(OCc5ccccn5)c(Cl)c4)ncnc3cn2)n1C.[Br-]. The molecule has 0 aliphatic carbocycles. The third kappa shape index (κ3) is 8.87. The Morgan fingerprint density at radius 3 is 2.67 bits per heavy atom. The quantitative estimate of drug-likeness (QED) is 0.0795. The summed E-state index contributed by atoms with van der Waals surface area (Å²) in [5.74, 6) is 1.46. The van der Waals surface area contributed by atoms with Gasteiger partial charge in [-0.15, -0.1) is 0 Å². The van der Waals surface area contributed by atoms with E-state index < -0.39 is 4.92 Å². The van der Waals surface area contributed by atoms with E-state index in [0.717, 1.165) is 5.69 Å². The molecule has 2 N–H and O–H groups in total. The topological polar surface area (TPSA) is 163 Å². The van der Waals surface area contributed by atoms with Crippen molar-refractivity contribution in [1.29, 1.82) is 0 Å². The van der Waals surface area contributed by atoms with Crippen LogP contribution < -0.4 is 32.4 Å². The first-order valence-corrected chi connectivity index (χ1v) is 15.1. The first-order chi connectivity index (χ1) is 22.5. The number of halogens is 2. The molecular formula is C32H34BrClN10O4. The van der Waals surface area contributed by atoms with Gasteiger partial charge in [-0.05, 0) is 52.4 Å². The predicted molar refractivity (Wildman–Crippen MR) is 178 cm³/mol. The fourth-order valence-electron chi connectivity index (χ4n) is 4.88. The van der Waals surface area contributed by atoms with Gasteiger partial charge in [0.25, 0.3) is 0 Å². The monoisotopic (exact) mass is 736 g/mol. The first kappa shape index (κ1) is 35.9. The Morgan fingerprint density at radius 1 is 1.15 bits per heavy atom. The molecule has 0 aliphatic rings. The number of fused-ring (bicyclic) bond motifs is 1. The molecule has 0 unspecified atom stereocenters. The van der Waals surface area contributed by atoms with Gasteiger partial charge in [0.15, 0.2) is 5.69 Å². The molecule has 0 saturated carbocycles. The van der Waals surface area contributed by atoms with Gasteiger partial charge in [-0.3, -0.25) is 9.78 Å². The van der Waals surface area contributed by atoms with Crippen LogP contribution in [0.5, 0.6) is 5.75 Å². The average molecular weight is 738 g/mol. The zero-order valence-electron chi connectivity index (χ0n) is 26.7. The second kappa shape index (κ2) is 15.7. The lowest BCUT2D eigenvalue weighted by Gasteiger charge is -2.28. The van der Waals surface area contributed by atoms with Crippen LogP contribution in [0, 0.1) is 10.1 Å². The number of aryl methyl sites for hydroxylation is 1. The van der Waals surface area contributed by atoms with E-state index in [1.807, 2.05) is 45.3 Å². The molecule has 0 atom stereocenters. The van der Waals surface area contributed by atoms with Crippen molar-refractivity contribution in [1.82, 2.24) is 29.5 Å². The maximum absolute atomic E-state index is 12.8. The molecule has 1 amide bonds. The van der Waals surface area contributed by atoms with Crippen molar-refractivity contribution in [2.75, 3.05) is 31.3 Å². The number of carbonyl (C=O) groups is 1. The number of likely N-dealkylation sites (N-methyl/N-ethyl adjacent to an activating group) is 1. The summed E-state index contributed by atoms with van der Waals surface area (Å²) >= 11 is 6.49. The van der Waals surface area contributed by atoms with Gasteiger partial charge in [-0.25, -0.2) is 15.0 Å². The second-order valence-electron chi connectivity index (χ2n) is 11.3. The maximum Gasteiger partial charge on any atom is 0.391 e. The summed E-state index contributed by atoms with van der Waals surface area (Å²) in [6.07, 6.45) is 8.40. The van der Waals surface area contributed by atoms with Gasteiger partial charge in [0, 0.05) is 36.8 Å². The predicted octanol–water partition coefficient (Wildman–Crippen LogP) is 2.38. The Labute approximate surface area is 292 Å². The number of anilines is 3. The van der Waals surface area contributed by atoms with E-state index in [1.54, 1.807) is 48.3 Å². The van der Waals surface area contributed by atoms with E-state index in [1.165, 1.54) is 12.4 Å². The summed E-state index contributed by atoms with van der Waals surface area (Å²) in [6.45, 7) is 3.00. The Balaban J connectivity index is 0.00000520. The molecule has 0 saturated heterocycles. The zero-order chi connectivity index (χ0) is 33.6. The van der Waals surface area contributed by atoms with Crippen LogP contribution >= 0.6 is 11.6 Å². The normalized spacial score (nSPS) is 11.4. The van der Waals surface area contributed by atoms with Crippen LogP contribution in [0.15, 0.2) is 73.3 Å². The molecular weight excluding hydrogens is 704 g/mol. The highest BCUT2D eigenvalue weighted by molar-refractivity contribution is 6.32. The van der Waals surface area contributed by atoms with E-state index in [9.17, 15) is 14.9 Å². The smallest absolute Gasteiger partial charge is 0.391 e. The molecule has 4 heterocycles. The number of pyridine rings is 2. The largest absolute Gasteiger partial charge is 1.00 e. The third-order valence-corrected chi connectivity index (χ3v) is 7.59. The number of carbonyl (C=O) groups excluding carboxylic acids is 1.